The largest absolute Gasteiger partial charge is 0.402 e. The Balaban J connectivity index is 3.01. The van der Waals surface area contributed by atoms with E-state index in [0.29, 0.717) is 0 Å². The molecule has 7 nitrogen and oxygen atoms in total. The molecule has 0 aliphatic heterocycles. The fourth-order valence-electron chi connectivity index (χ4n) is 1.52. The van der Waals surface area contributed by atoms with Crippen molar-refractivity contribution in [1.82, 2.24) is 9.44 Å². The van der Waals surface area contributed by atoms with Crippen LogP contribution in [0.25, 0.3) is 0 Å². The molecule has 0 radical (unpaired) electrons. The molecule has 1 aromatic rings. The van der Waals surface area contributed by atoms with E-state index < -0.39 is 43.2 Å². The minimum absolute atomic E-state index is 0.0278. The van der Waals surface area contributed by atoms with Crippen LogP contribution < -0.4 is 15.2 Å². The van der Waals surface area contributed by atoms with Crippen molar-refractivity contribution in [1.29, 1.82) is 0 Å². The molecule has 0 aromatic heterocycles. The van der Waals surface area contributed by atoms with Crippen molar-refractivity contribution in [3.8, 4) is 0 Å². The zero-order chi connectivity index (χ0) is 18.8. The summed E-state index contributed by atoms with van der Waals surface area (Å²) in [5.41, 5.74) is 4.52. The Morgan fingerprint density at radius 3 is 1.75 bits per heavy atom. The zero-order valence-electron chi connectivity index (χ0n) is 12.9. The van der Waals surface area contributed by atoms with E-state index in [9.17, 15) is 30.0 Å². The van der Waals surface area contributed by atoms with Gasteiger partial charge in [0.1, 0.15) is 6.54 Å². The minimum atomic E-state index is -4.70. The Hall–Kier alpha value is -1.21. The van der Waals surface area contributed by atoms with Crippen molar-refractivity contribution in [3.63, 3.8) is 0 Å². The molecule has 0 saturated carbocycles. The number of hydrogen-bond donors (Lipinski definition) is 3. The Labute approximate surface area is 138 Å². The minimum Gasteiger partial charge on any atom is -0.329 e. The number of halogens is 3. The second-order valence-electron chi connectivity index (χ2n) is 5.60. The molecule has 12 heteroatoms. The summed E-state index contributed by atoms with van der Waals surface area (Å²) in [6, 6.07) is 3.78. The molecule has 0 fully saturated rings. The molecular weight excluding hydrogens is 371 g/mol. The van der Waals surface area contributed by atoms with Gasteiger partial charge in [0.15, 0.2) is 0 Å². The molecule has 1 rings (SSSR count). The van der Waals surface area contributed by atoms with Crippen LogP contribution in [0, 0.1) is 0 Å². The Morgan fingerprint density at radius 2 is 1.38 bits per heavy atom. The van der Waals surface area contributed by atoms with E-state index in [2.05, 4.69) is 4.72 Å². The number of sulfonamides is 2. The smallest absolute Gasteiger partial charge is 0.329 e. The van der Waals surface area contributed by atoms with Crippen molar-refractivity contribution in [2.45, 2.75) is 35.4 Å². The number of alkyl halides is 3. The summed E-state index contributed by atoms with van der Waals surface area (Å²) in [6.07, 6.45) is -4.70. The van der Waals surface area contributed by atoms with Crippen molar-refractivity contribution >= 4 is 20.0 Å². The van der Waals surface area contributed by atoms with Gasteiger partial charge >= 0.3 is 6.18 Å². The average molecular weight is 389 g/mol. The summed E-state index contributed by atoms with van der Waals surface area (Å²) >= 11 is 0. The summed E-state index contributed by atoms with van der Waals surface area (Å²) in [6.45, 7) is 1.43. The first kappa shape index (κ1) is 20.8. The highest BCUT2D eigenvalue weighted by atomic mass is 32.2. The molecule has 0 aliphatic carbocycles. The highest BCUT2D eigenvalue weighted by Gasteiger charge is 2.30. The maximum atomic E-state index is 12.1. The molecule has 0 heterocycles. The summed E-state index contributed by atoms with van der Waals surface area (Å²) in [7, 11) is -8.35. The summed E-state index contributed by atoms with van der Waals surface area (Å²) < 4.78 is 87.7. The second-order valence-corrected chi connectivity index (χ2v) is 9.05. The van der Waals surface area contributed by atoms with Gasteiger partial charge in [0.05, 0.1) is 9.79 Å². The van der Waals surface area contributed by atoms with Crippen LogP contribution in [0.1, 0.15) is 13.8 Å². The predicted octanol–water partition coefficient (Wildman–Crippen LogP) is 0.543. The molecule has 0 spiro atoms. The predicted molar refractivity (Wildman–Crippen MR) is 81.1 cm³/mol. The molecule has 0 bridgehead atoms. The van der Waals surface area contributed by atoms with Crippen LogP contribution in [0.2, 0.25) is 0 Å². The van der Waals surface area contributed by atoms with E-state index in [4.69, 9.17) is 5.73 Å². The molecule has 138 valence electrons. The molecule has 4 N–H and O–H groups in total. The number of nitrogens with two attached hydrogens (primary N) is 1. The summed E-state index contributed by atoms with van der Waals surface area (Å²) in [5.74, 6) is 0. The molecule has 0 saturated heterocycles. The third-order valence-corrected chi connectivity index (χ3v) is 5.96. The Morgan fingerprint density at radius 1 is 0.958 bits per heavy atom. The fraction of sp³-hybridized carbons (Fsp3) is 0.500. The third kappa shape index (κ3) is 6.02. The first-order valence-electron chi connectivity index (χ1n) is 6.59. The Kier molecular flexibility index (Phi) is 6.04. The molecule has 1 aromatic carbocycles. The van der Waals surface area contributed by atoms with E-state index in [0.717, 1.165) is 24.3 Å². The highest BCUT2D eigenvalue weighted by molar-refractivity contribution is 7.90. The molecule has 0 unspecified atom stereocenters. The van der Waals surface area contributed by atoms with Crippen molar-refractivity contribution < 1.29 is 30.0 Å². The van der Waals surface area contributed by atoms with E-state index >= 15 is 0 Å². The molecule has 0 atom stereocenters. The molecule has 0 amide bonds. The lowest BCUT2D eigenvalue weighted by Gasteiger charge is -2.23. The quantitative estimate of drug-likeness (QED) is 0.629. The van der Waals surface area contributed by atoms with Crippen LogP contribution in [0.4, 0.5) is 13.2 Å². The highest BCUT2D eigenvalue weighted by Crippen LogP contribution is 2.18. The van der Waals surface area contributed by atoms with Gasteiger partial charge in [-0.3, -0.25) is 0 Å². The third-order valence-electron chi connectivity index (χ3n) is 2.83. The number of benzene rings is 1. The number of rotatable bonds is 7. The van der Waals surface area contributed by atoms with Crippen LogP contribution in [-0.4, -0.2) is 41.6 Å². The van der Waals surface area contributed by atoms with Crippen LogP contribution in [-0.2, 0) is 20.0 Å². The standard InChI is InChI=1S/C12H18F3N3O4S2/c1-11(2,7-16)18-24(21,22)10-5-3-9(4-6-10)23(19,20)17-8-12(13,14)15/h3-6,17-18H,7-8,16H2,1-2H3. The molecule has 24 heavy (non-hydrogen) atoms. The van der Waals surface area contributed by atoms with Crippen LogP contribution >= 0.6 is 0 Å². The van der Waals surface area contributed by atoms with E-state index in [1.165, 1.54) is 4.72 Å². The number of nitrogens with one attached hydrogen (secondary N) is 2. The lowest BCUT2D eigenvalue weighted by atomic mass is 10.1. The Bertz CT molecular complexity index is 773. The van der Waals surface area contributed by atoms with E-state index in [1.54, 1.807) is 13.8 Å². The van der Waals surface area contributed by atoms with Crippen LogP contribution in [0.5, 0.6) is 0 Å². The normalized spacial score (nSPS) is 13.9. The van der Waals surface area contributed by atoms with Gasteiger partial charge in [0.25, 0.3) is 0 Å². The second kappa shape index (κ2) is 6.96. The van der Waals surface area contributed by atoms with Gasteiger partial charge in [-0.25, -0.2) is 26.3 Å². The summed E-state index contributed by atoms with van der Waals surface area (Å²) in [4.78, 5) is -0.720. The van der Waals surface area contributed by atoms with E-state index in [-0.39, 0.29) is 11.4 Å². The SMILES string of the molecule is CC(C)(CN)NS(=O)(=O)c1ccc(S(=O)(=O)NCC(F)(F)F)cc1. The maximum absolute atomic E-state index is 12.1. The van der Waals surface area contributed by atoms with Crippen molar-refractivity contribution in [2.24, 2.45) is 5.73 Å². The van der Waals surface area contributed by atoms with Gasteiger partial charge in [-0.1, -0.05) is 0 Å². The first-order chi connectivity index (χ1) is 10.7. The van der Waals surface area contributed by atoms with Gasteiger partial charge < -0.3 is 5.73 Å². The van der Waals surface area contributed by atoms with Crippen molar-refractivity contribution in [3.05, 3.63) is 24.3 Å². The monoisotopic (exact) mass is 389 g/mol. The average Bonchev–Trinajstić information content (AvgIpc) is 2.44. The zero-order valence-corrected chi connectivity index (χ0v) is 14.5. The summed E-state index contributed by atoms with van der Waals surface area (Å²) in [5, 5.41) is 0. The molecular formula is C12H18F3N3O4S2. The molecule has 0 aliphatic rings. The lowest BCUT2D eigenvalue weighted by Crippen LogP contribution is -2.48. The fourth-order valence-corrected chi connectivity index (χ4v) is 3.96. The lowest BCUT2D eigenvalue weighted by molar-refractivity contribution is -0.121. The van der Waals surface area contributed by atoms with Gasteiger partial charge in [0, 0.05) is 12.1 Å². The first-order valence-corrected chi connectivity index (χ1v) is 9.56. The van der Waals surface area contributed by atoms with Crippen LogP contribution in [0.3, 0.4) is 0 Å². The topological polar surface area (TPSA) is 118 Å². The van der Waals surface area contributed by atoms with Gasteiger partial charge in [-0.2, -0.15) is 13.2 Å². The number of hydrogen-bond acceptors (Lipinski definition) is 5. The van der Waals surface area contributed by atoms with Crippen molar-refractivity contribution in [2.75, 3.05) is 13.1 Å². The van der Waals surface area contributed by atoms with E-state index in [1.807, 2.05) is 0 Å². The van der Waals surface area contributed by atoms with Gasteiger partial charge in [-0.05, 0) is 38.1 Å². The van der Waals surface area contributed by atoms with Gasteiger partial charge in [0.2, 0.25) is 20.0 Å². The van der Waals surface area contributed by atoms with Crippen LogP contribution in [0.15, 0.2) is 34.1 Å². The maximum Gasteiger partial charge on any atom is 0.402 e. The van der Waals surface area contributed by atoms with Gasteiger partial charge in [-0.15, -0.1) is 0 Å².